The van der Waals surface area contributed by atoms with E-state index in [0.29, 0.717) is 0 Å². The summed E-state index contributed by atoms with van der Waals surface area (Å²) in [5.74, 6) is 0.898. The average Bonchev–Trinajstić information content (AvgIpc) is 2.19. The van der Waals surface area contributed by atoms with Crippen LogP contribution in [0.25, 0.3) is 0 Å². The average molecular weight is 242 g/mol. The fourth-order valence-electron chi connectivity index (χ4n) is 1.53. The minimum absolute atomic E-state index is 0.735. The maximum Gasteiger partial charge on any atom is 0.123 e. The van der Waals surface area contributed by atoms with Crippen LogP contribution in [0.15, 0.2) is 12.1 Å². The normalized spacial score (nSPS) is 10.9. The van der Waals surface area contributed by atoms with E-state index >= 15 is 0 Å². The van der Waals surface area contributed by atoms with Crippen molar-refractivity contribution in [3.05, 3.63) is 28.3 Å². The van der Waals surface area contributed by atoms with Gasteiger partial charge in [-0.25, -0.2) is 0 Å². The molecule has 1 aromatic carbocycles. The van der Waals surface area contributed by atoms with Gasteiger partial charge in [0.2, 0.25) is 0 Å². The van der Waals surface area contributed by atoms with Crippen molar-refractivity contribution in [1.29, 1.82) is 0 Å². The minimum Gasteiger partial charge on any atom is -0.493 e. The quantitative estimate of drug-likeness (QED) is 0.734. The Bertz CT molecular complexity index is 350. The number of benzene rings is 1. The molecule has 16 heavy (non-hydrogen) atoms. The van der Waals surface area contributed by atoms with Crippen molar-refractivity contribution in [3.63, 3.8) is 0 Å². The predicted octanol–water partition coefficient (Wildman–Crippen LogP) is 3.29. The Morgan fingerprint density at radius 2 is 1.88 bits per heavy atom. The molecular formula is C13H20ClNO. The molecule has 0 aliphatic heterocycles. The molecule has 0 aliphatic carbocycles. The second-order valence-corrected chi connectivity index (χ2v) is 4.78. The van der Waals surface area contributed by atoms with Gasteiger partial charge in [-0.2, -0.15) is 0 Å². The second kappa shape index (κ2) is 6.12. The Labute approximate surface area is 103 Å². The molecular weight excluding hydrogens is 222 g/mol. The third-order valence-electron chi connectivity index (χ3n) is 2.46. The van der Waals surface area contributed by atoms with Crippen LogP contribution in [0.4, 0.5) is 0 Å². The van der Waals surface area contributed by atoms with Crippen LogP contribution in [0.1, 0.15) is 17.5 Å². The van der Waals surface area contributed by atoms with Gasteiger partial charge in [-0.1, -0.05) is 17.7 Å². The summed E-state index contributed by atoms with van der Waals surface area (Å²) < 4.78 is 5.71. The largest absolute Gasteiger partial charge is 0.493 e. The first-order valence-electron chi connectivity index (χ1n) is 5.55. The lowest BCUT2D eigenvalue weighted by Gasteiger charge is -2.13. The maximum atomic E-state index is 6.06. The van der Waals surface area contributed by atoms with E-state index in [1.807, 2.05) is 19.9 Å². The monoisotopic (exact) mass is 241 g/mol. The van der Waals surface area contributed by atoms with Crippen LogP contribution in [0, 0.1) is 13.8 Å². The predicted molar refractivity (Wildman–Crippen MR) is 69.6 cm³/mol. The Hall–Kier alpha value is -0.730. The molecule has 0 amide bonds. The van der Waals surface area contributed by atoms with Crippen LogP contribution in [0.2, 0.25) is 5.02 Å². The highest BCUT2D eigenvalue weighted by molar-refractivity contribution is 6.31. The lowest BCUT2D eigenvalue weighted by Crippen LogP contribution is -2.15. The molecule has 0 N–H and O–H groups in total. The molecule has 2 nitrogen and oxygen atoms in total. The number of hydrogen-bond donors (Lipinski definition) is 0. The van der Waals surface area contributed by atoms with Crippen LogP contribution in [-0.2, 0) is 0 Å². The lowest BCUT2D eigenvalue weighted by molar-refractivity contribution is 0.280. The molecule has 0 aromatic heterocycles. The van der Waals surface area contributed by atoms with Crippen LogP contribution in [0.5, 0.6) is 5.75 Å². The van der Waals surface area contributed by atoms with Gasteiger partial charge >= 0.3 is 0 Å². The Morgan fingerprint density at radius 3 is 2.50 bits per heavy atom. The van der Waals surface area contributed by atoms with Crippen LogP contribution >= 0.6 is 11.6 Å². The summed E-state index contributed by atoms with van der Waals surface area (Å²) in [6.07, 6.45) is 1.03. The number of aryl methyl sites for hydroxylation is 2. The number of nitrogens with zero attached hydrogens (tertiary/aromatic N) is 1. The molecule has 0 saturated carbocycles. The molecule has 3 heteroatoms. The molecule has 0 atom stereocenters. The van der Waals surface area contributed by atoms with Gasteiger partial charge in [-0.15, -0.1) is 0 Å². The highest BCUT2D eigenvalue weighted by Gasteiger charge is 2.03. The first-order chi connectivity index (χ1) is 7.50. The number of ether oxygens (including phenoxy) is 1. The van der Waals surface area contributed by atoms with E-state index in [0.717, 1.165) is 41.5 Å². The van der Waals surface area contributed by atoms with Crippen LogP contribution < -0.4 is 4.74 Å². The molecule has 0 radical (unpaired) electrons. The van der Waals surface area contributed by atoms with Gasteiger partial charge < -0.3 is 9.64 Å². The molecule has 0 saturated heterocycles. The van der Waals surface area contributed by atoms with E-state index in [2.05, 4.69) is 25.1 Å². The Balaban J connectivity index is 2.51. The van der Waals surface area contributed by atoms with E-state index in [9.17, 15) is 0 Å². The molecule has 1 aromatic rings. The van der Waals surface area contributed by atoms with Crippen molar-refractivity contribution in [2.45, 2.75) is 20.3 Å². The number of halogens is 1. The minimum atomic E-state index is 0.735. The molecule has 90 valence electrons. The van der Waals surface area contributed by atoms with E-state index in [-0.39, 0.29) is 0 Å². The molecule has 0 fully saturated rings. The second-order valence-electron chi connectivity index (χ2n) is 4.37. The van der Waals surface area contributed by atoms with Crippen molar-refractivity contribution < 1.29 is 4.74 Å². The van der Waals surface area contributed by atoms with Crippen LogP contribution in [-0.4, -0.2) is 32.1 Å². The van der Waals surface area contributed by atoms with E-state index < -0.39 is 0 Å². The maximum absolute atomic E-state index is 6.06. The van der Waals surface area contributed by atoms with Gasteiger partial charge in [0.1, 0.15) is 5.75 Å². The number of rotatable bonds is 5. The van der Waals surface area contributed by atoms with Crippen molar-refractivity contribution >= 4 is 11.6 Å². The van der Waals surface area contributed by atoms with Crippen molar-refractivity contribution in [2.75, 3.05) is 27.2 Å². The lowest BCUT2D eigenvalue weighted by atomic mass is 10.1. The molecule has 0 aliphatic rings. The third kappa shape index (κ3) is 4.03. The molecule has 0 spiro atoms. The van der Waals surface area contributed by atoms with Gasteiger partial charge in [-0.05, 0) is 51.6 Å². The van der Waals surface area contributed by atoms with Gasteiger partial charge in [0.25, 0.3) is 0 Å². The van der Waals surface area contributed by atoms with Crippen molar-refractivity contribution in [2.24, 2.45) is 0 Å². The summed E-state index contributed by atoms with van der Waals surface area (Å²) >= 11 is 6.06. The summed E-state index contributed by atoms with van der Waals surface area (Å²) in [6, 6.07) is 3.96. The Morgan fingerprint density at radius 1 is 1.19 bits per heavy atom. The van der Waals surface area contributed by atoms with Gasteiger partial charge in [0.05, 0.1) is 6.61 Å². The zero-order valence-corrected chi connectivity index (χ0v) is 11.3. The molecule has 1 rings (SSSR count). The van der Waals surface area contributed by atoms with E-state index in [1.165, 1.54) is 0 Å². The summed E-state index contributed by atoms with van der Waals surface area (Å²) in [6.45, 7) is 5.83. The SMILES string of the molecule is Cc1cc(C)c(OCCCN(C)C)cc1Cl. The van der Waals surface area contributed by atoms with Gasteiger partial charge in [-0.3, -0.25) is 0 Å². The molecule has 0 heterocycles. The van der Waals surface area contributed by atoms with E-state index in [1.54, 1.807) is 0 Å². The smallest absolute Gasteiger partial charge is 0.123 e. The van der Waals surface area contributed by atoms with Crippen molar-refractivity contribution in [3.8, 4) is 5.75 Å². The fraction of sp³-hybridized carbons (Fsp3) is 0.538. The zero-order chi connectivity index (χ0) is 12.1. The molecule has 0 bridgehead atoms. The van der Waals surface area contributed by atoms with Gasteiger partial charge in [0, 0.05) is 11.6 Å². The first kappa shape index (κ1) is 13.3. The van der Waals surface area contributed by atoms with Crippen LogP contribution in [0.3, 0.4) is 0 Å². The number of hydrogen-bond acceptors (Lipinski definition) is 2. The highest BCUT2D eigenvalue weighted by Crippen LogP contribution is 2.26. The van der Waals surface area contributed by atoms with E-state index in [4.69, 9.17) is 16.3 Å². The highest BCUT2D eigenvalue weighted by atomic mass is 35.5. The van der Waals surface area contributed by atoms with Crippen molar-refractivity contribution in [1.82, 2.24) is 4.90 Å². The molecule has 0 unspecified atom stereocenters. The van der Waals surface area contributed by atoms with Gasteiger partial charge in [0.15, 0.2) is 0 Å². The summed E-state index contributed by atoms with van der Waals surface area (Å²) in [7, 11) is 4.13. The third-order valence-corrected chi connectivity index (χ3v) is 2.87. The Kier molecular flexibility index (Phi) is 5.10. The fourth-order valence-corrected chi connectivity index (χ4v) is 1.68. The topological polar surface area (TPSA) is 12.5 Å². The summed E-state index contributed by atoms with van der Waals surface area (Å²) in [5.41, 5.74) is 2.24. The summed E-state index contributed by atoms with van der Waals surface area (Å²) in [5, 5.41) is 0.771. The zero-order valence-electron chi connectivity index (χ0n) is 10.5. The standard InChI is InChI=1S/C13H20ClNO/c1-10-8-11(2)13(9-12(10)14)16-7-5-6-15(3)4/h8-9H,5-7H2,1-4H3. The first-order valence-corrected chi connectivity index (χ1v) is 5.93. The summed E-state index contributed by atoms with van der Waals surface area (Å²) in [4.78, 5) is 2.15.